The summed E-state index contributed by atoms with van der Waals surface area (Å²) in [5, 5.41) is 22.5. The normalized spacial score (nSPS) is 26.0. The quantitative estimate of drug-likeness (QED) is 0.787. The molecule has 0 bridgehead atoms. The summed E-state index contributed by atoms with van der Waals surface area (Å²) in [6.45, 7) is 0.0671. The second-order valence-electron chi connectivity index (χ2n) is 5.66. The van der Waals surface area contributed by atoms with Crippen molar-refractivity contribution in [1.82, 2.24) is 5.32 Å². The molecule has 5 nitrogen and oxygen atoms in total. The van der Waals surface area contributed by atoms with Crippen molar-refractivity contribution < 1.29 is 19.7 Å². The molecule has 1 atom stereocenters. The van der Waals surface area contributed by atoms with Crippen molar-refractivity contribution in [1.29, 1.82) is 0 Å². The number of benzene rings is 1. The molecule has 0 saturated heterocycles. The minimum absolute atomic E-state index is 0.0671. The standard InChI is InChI=1S/C15H19NO4/c17-11-6-7-12-13(8-11)20-9-15(12,14(18)19)16-10-4-2-1-3-5-10/h6-8,10,16-17H,1-5,9H2,(H,18,19). The van der Waals surface area contributed by atoms with E-state index in [2.05, 4.69) is 5.32 Å². The van der Waals surface area contributed by atoms with Gasteiger partial charge in [0, 0.05) is 17.7 Å². The molecular weight excluding hydrogens is 258 g/mol. The van der Waals surface area contributed by atoms with Crippen molar-refractivity contribution >= 4 is 5.97 Å². The van der Waals surface area contributed by atoms with Gasteiger partial charge in [0.25, 0.3) is 0 Å². The van der Waals surface area contributed by atoms with E-state index in [9.17, 15) is 15.0 Å². The van der Waals surface area contributed by atoms with Gasteiger partial charge in [0.2, 0.25) is 0 Å². The van der Waals surface area contributed by atoms with E-state index in [-0.39, 0.29) is 18.4 Å². The van der Waals surface area contributed by atoms with Gasteiger partial charge in [-0.15, -0.1) is 0 Å². The smallest absolute Gasteiger partial charge is 0.332 e. The van der Waals surface area contributed by atoms with Crippen LogP contribution < -0.4 is 10.1 Å². The zero-order chi connectivity index (χ0) is 14.2. The van der Waals surface area contributed by atoms with Crippen LogP contribution in [0.5, 0.6) is 11.5 Å². The average Bonchev–Trinajstić information content (AvgIpc) is 2.79. The Morgan fingerprint density at radius 1 is 1.30 bits per heavy atom. The number of aliphatic carboxylic acids is 1. The lowest BCUT2D eigenvalue weighted by atomic mass is 9.87. The number of phenols is 1. The van der Waals surface area contributed by atoms with Crippen LogP contribution in [0.2, 0.25) is 0 Å². The lowest BCUT2D eigenvalue weighted by Crippen LogP contribution is -2.55. The molecule has 1 fully saturated rings. The molecule has 3 rings (SSSR count). The predicted octanol–water partition coefficient (Wildman–Crippen LogP) is 1.99. The summed E-state index contributed by atoms with van der Waals surface area (Å²) >= 11 is 0. The molecule has 1 aromatic rings. The predicted molar refractivity (Wildman–Crippen MR) is 72.9 cm³/mol. The maximum Gasteiger partial charge on any atom is 0.332 e. The first-order chi connectivity index (χ1) is 9.62. The summed E-state index contributed by atoms with van der Waals surface area (Å²) in [7, 11) is 0. The van der Waals surface area contributed by atoms with E-state index in [0.29, 0.717) is 11.3 Å². The lowest BCUT2D eigenvalue weighted by Gasteiger charge is -2.32. The summed E-state index contributed by atoms with van der Waals surface area (Å²) in [6.07, 6.45) is 5.50. The number of carbonyl (C=O) groups is 1. The van der Waals surface area contributed by atoms with Gasteiger partial charge in [-0.2, -0.15) is 0 Å². The highest BCUT2D eigenvalue weighted by Gasteiger charge is 2.49. The van der Waals surface area contributed by atoms with Crippen LogP contribution in [0.1, 0.15) is 37.7 Å². The largest absolute Gasteiger partial charge is 0.508 e. The van der Waals surface area contributed by atoms with Crippen LogP contribution in [-0.2, 0) is 10.3 Å². The third-order valence-electron chi connectivity index (χ3n) is 4.29. The Hall–Kier alpha value is -1.75. The molecule has 2 aliphatic rings. The number of ether oxygens (including phenoxy) is 1. The van der Waals surface area contributed by atoms with E-state index < -0.39 is 11.5 Å². The number of carboxylic acid groups (broad SMARTS) is 1. The highest BCUT2D eigenvalue weighted by atomic mass is 16.5. The van der Waals surface area contributed by atoms with Crippen molar-refractivity contribution in [3.63, 3.8) is 0 Å². The number of aromatic hydroxyl groups is 1. The molecule has 0 radical (unpaired) electrons. The Labute approximate surface area is 117 Å². The SMILES string of the molecule is O=C(O)C1(NC2CCCCC2)COc2cc(O)ccc21. The van der Waals surface area contributed by atoms with Gasteiger partial charge in [0.05, 0.1) is 0 Å². The molecule has 1 unspecified atom stereocenters. The van der Waals surface area contributed by atoms with Gasteiger partial charge < -0.3 is 14.9 Å². The third-order valence-corrected chi connectivity index (χ3v) is 4.29. The molecule has 3 N–H and O–H groups in total. The number of rotatable bonds is 3. The van der Waals surface area contributed by atoms with Crippen molar-refractivity contribution in [3.8, 4) is 11.5 Å². The number of nitrogens with one attached hydrogen (secondary N) is 1. The fourth-order valence-corrected chi connectivity index (χ4v) is 3.20. The molecule has 5 heteroatoms. The second-order valence-corrected chi connectivity index (χ2v) is 5.66. The lowest BCUT2D eigenvalue weighted by molar-refractivity contribution is -0.146. The van der Waals surface area contributed by atoms with Crippen LogP contribution in [0.25, 0.3) is 0 Å². The van der Waals surface area contributed by atoms with Gasteiger partial charge >= 0.3 is 5.97 Å². The number of fused-ring (bicyclic) bond motifs is 1. The van der Waals surface area contributed by atoms with Crippen molar-refractivity contribution in [3.05, 3.63) is 23.8 Å². The van der Waals surface area contributed by atoms with E-state index in [1.54, 1.807) is 6.07 Å². The van der Waals surface area contributed by atoms with E-state index in [4.69, 9.17) is 4.74 Å². The number of carboxylic acids is 1. The molecule has 1 heterocycles. The number of hydrogen-bond acceptors (Lipinski definition) is 4. The van der Waals surface area contributed by atoms with Gasteiger partial charge in [0.1, 0.15) is 18.1 Å². The van der Waals surface area contributed by atoms with Crippen LogP contribution in [0.15, 0.2) is 18.2 Å². The molecule has 108 valence electrons. The van der Waals surface area contributed by atoms with Gasteiger partial charge in [-0.05, 0) is 25.0 Å². The number of hydrogen-bond donors (Lipinski definition) is 3. The maximum atomic E-state index is 11.8. The van der Waals surface area contributed by atoms with Crippen LogP contribution in [0.3, 0.4) is 0 Å². The Morgan fingerprint density at radius 2 is 2.05 bits per heavy atom. The summed E-state index contributed by atoms with van der Waals surface area (Å²) < 4.78 is 5.49. The molecule has 0 aromatic heterocycles. The first-order valence-electron chi connectivity index (χ1n) is 7.09. The first kappa shape index (κ1) is 13.2. The minimum Gasteiger partial charge on any atom is -0.508 e. The average molecular weight is 277 g/mol. The van der Waals surface area contributed by atoms with E-state index in [1.165, 1.54) is 18.6 Å². The Bertz CT molecular complexity index is 525. The molecule has 0 amide bonds. The Morgan fingerprint density at radius 3 is 2.75 bits per heavy atom. The summed E-state index contributed by atoms with van der Waals surface area (Å²) in [4.78, 5) is 11.8. The van der Waals surface area contributed by atoms with Gasteiger partial charge in [-0.3, -0.25) is 5.32 Å². The van der Waals surface area contributed by atoms with Gasteiger partial charge in [-0.25, -0.2) is 4.79 Å². The van der Waals surface area contributed by atoms with E-state index in [1.807, 2.05) is 0 Å². The molecule has 1 aliphatic heterocycles. The first-order valence-corrected chi connectivity index (χ1v) is 7.09. The zero-order valence-corrected chi connectivity index (χ0v) is 11.3. The highest BCUT2D eigenvalue weighted by molar-refractivity contribution is 5.83. The monoisotopic (exact) mass is 277 g/mol. The molecule has 1 aliphatic carbocycles. The van der Waals surface area contributed by atoms with Crippen molar-refractivity contribution in [2.24, 2.45) is 0 Å². The van der Waals surface area contributed by atoms with Crippen molar-refractivity contribution in [2.45, 2.75) is 43.7 Å². The molecule has 1 saturated carbocycles. The molecule has 20 heavy (non-hydrogen) atoms. The zero-order valence-electron chi connectivity index (χ0n) is 11.3. The van der Waals surface area contributed by atoms with Gasteiger partial charge in [-0.1, -0.05) is 19.3 Å². The fraction of sp³-hybridized carbons (Fsp3) is 0.533. The molecule has 0 spiro atoms. The topological polar surface area (TPSA) is 78.8 Å². The second kappa shape index (κ2) is 4.98. The Kier molecular flexibility index (Phi) is 3.30. The third kappa shape index (κ3) is 2.12. The minimum atomic E-state index is -1.19. The van der Waals surface area contributed by atoms with Crippen molar-refractivity contribution in [2.75, 3.05) is 6.61 Å². The maximum absolute atomic E-state index is 11.8. The van der Waals surface area contributed by atoms with Crippen LogP contribution >= 0.6 is 0 Å². The summed E-state index contributed by atoms with van der Waals surface area (Å²) in [5.74, 6) is -0.383. The van der Waals surface area contributed by atoms with E-state index >= 15 is 0 Å². The Balaban J connectivity index is 1.92. The molecule has 1 aromatic carbocycles. The van der Waals surface area contributed by atoms with Crippen LogP contribution in [0.4, 0.5) is 0 Å². The van der Waals surface area contributed by atoms with Crippen LogP contribution in [0, 0.1) is 0 Å². The van der Waals surface area contributed by atoms with Gasteiger partial charge in [0.15, 0.2) is 5.54 Å². The summed E-state index contributed by atoms with van der Waals surface area (Å²) in [6, 6.07) is 4.83. The molecular formula is C15H19NO4. The number of phenolic OH excluding ortho intramolecular Hbond substituents is 1. The highest BCUT2D eigenvalue weighted by Crippen LogP contribution is 2.40. The van der Waals surface area contributed by atoms with E-state index in [0.717, 1.165) is 25.7 Å². The summed E-state index contributed by atoms with van der Waals surface area (Å²) in [5.41, 5.74) is -0.584. The fourth-order valence-electron chi connectivity index (χ4n) is 3.20. The van der Waals surface area contributed by atoms with Crippen LogP contribution in [-0.4, -0.2) is 28.8 Å².